The molecule has 2 fully saturated rings. The van der Waals surface area contributed by atoms with E-state index in [2.05, 4.69) is 10.6 Å². The summed E-state index contributed by atoms with van der Waals surface area (Å²) in [7, 11) is 0. The molecule has 2 saturated heterocycles. The molecule has 0 saturated carbocycles. The highest BCUT2D eigenvalue weighted by Crippen LogP contribution is 2.16. The second kappa shape index (κ2) is 8.03. The number of amides is 2. The number of likely N-dealkylation sites (tertiary alicyclic amines) is 1. The van der Waals surface area contributed by atoms with Gasteiger partial charge in [-0.25, -0.2) is 0 Å². The molecule has 5 nitrogen and oxygen atoms in total. The number of hydrogen-bond acceptors (Lipinski definition) is 4. The summed E-state index contributed by atoms with van der Waals surface area (Å²) in [6, 6.07) is 8.22. The molecule has 2 amide bonds. The zero-order valence-electron chi connectivity index (χ0n) is 14.1. The molecular weight excluding hydrogens is 322 g/mol. The summed E-state index contributed by atoms with van der Waals surface area (Å²) in [5.74, 6) is 2.01. The number of carbonyl (C=O) groups is 2. The van der Waals surface area contributed by atoms with E-state index in [1.165, 1.54) is 5.56 Å². The van der Waals surface area contributed by atoms with Gasteiger partial charge in [0.25, 0.3) is 0 Å². The first-order valence-corrected chi connectivity index (χ1v) is 9.72. The molecule has 0 bridgehead atoms. The molecular formula is C18H25N3O2S. The van der Waals surface area contributed by atoms with Crippen LogP contribution in [0.5, 0.6) is 0 Å². The first-order chi connectivity index (χ1) is 11.6. The standard InChI is InChI=1S/C18H25N3O2S/c1-13-2-4-14(5-3-13)10-17(22)20-15-6-8-21(9-7-15)18(23)16-11-24-12-19-16/h2-5,15-16,19H,6-12H2,1H3,(H,20,22). The van der Waals surface area contributed by atoms with E-state index in [0.29, 0.717) is 6.42 Å². The van der Waals surface area contributed by atoms with Crippen LogP contribution in [-0.2, 0) is 16.0 Å². The quantitative estimate of drug-likeness (QED) is 0.862. The average molecular weight is 347 g/mol. The van der Waals surface area contributed by atoms with E-state index in [0.717, 1.165) is 43.1 Å². The Morgan fingerprint density at radius 1 is 1.25 bits per heavy atom. The van der Waals surface area contributed by atoms with E-state index >= 15 is 0 Å². The number of benzene rings is 1. The van der Waals surface area contributed by atoms with Gasteiger partial charge in [-0.3, -0.25) is 14.9 Å². The minimum atomic E-state index is -0.0253. The predicted molar refractivity (Wildman–Crippen MR) is 96.9 cm³/mol. The van der Waals surface area contributed by atoms with Crippen LogP contribution in [0.25, 0.3) is 0 Å². The summed E-state index contributed by atoms with van der Waals surface area (Å²) in [4.78, 5) is 26.5. The van der Waals surface area contributed by atoms with Gasteiger partial charge in [0, 0.05) is 30.8 Å². The first kappa shape index (κ1) is 17.3. The number of thioether (sulfide) groups is 1. The Bertz CT molecular complexity index is 576. The molecule has 2 aliphatic rings. The molecule has 2 aliphatic heterocycles. The molecule has 3 rings (SSSR count). The number of carbonyl (C=O) groups excluding carboxylic acids is 2. The minimum Gasteiger partial charge on any atom is -0.353 e. The Morgan fingerprint density at radius 3 is 2.58 bits per heavy atom. The molecule has 0 radical (unpaired) electrons. The molecule has 24 heavy (non-hydrogen) atoms. The fourth-order valence-electron chi connectivity index (χ4n) is 3.19. The third-order valence-electron chi connectivity index (χ3n) is 4.67. The summed E-state index contributed by atoms with van der Waals surface area (Å²) < 4.78 is 0. The molecule has 1 aromatic rings. The maximum absolute atomic E-state index is 12.4. The van der Waals surface area contributed by atoms with Crippen molar-refractivity contribution in [2.45, 2.75) is 38.3 Å². The third kappa shape index (κ3) is 4.51. The number of nitrogens with zero attached hydrogens (tertiary/aromatic N) is 1. The van der Waals surface area contributed by atoms with E-state index in [9.17, 15) is 9.59 Å². The molecule has 2 N–H and O–H groups in total. The van der Waals surface area contributed by atoms with Crippen molar-refractivity contribution in [2.75, 3.05) is 24.7 Å². The monoisotopic (exact) mass is 347 g/mol. The SMILES string of the molecule is Cc1ccc(CC(=O)NC2CCN(C(=O)C3CSCN3)CC2)cc1. The van der Waals surface area contributed by atoms with E-state index in [1.807, 2.05) is 36.1 Å². The van der Waals surface area contributed by atoms with E-state index in [-0.39, 0.29) is 23.9 Å². The maximum Gasteiger partial charge on any atom is 0.240 e. The number of aryl methyl sites for hydroxylation is 1. The second-order valence-electron chi connectivity index (χ2n) is 6.60. The van der Waals surface area contributed by atoms with Crippen molar-refractivity contribution in [1.82, 2.24) is 15.5 Å². The fraction of sp³-hybridized carbons (Fsp3) is 0.556. The van der Waals surface area contributed by atoms with Crippen molar-refractivity contribution < 1.29 is 9.59 Å². The molecule has 0 spiro atoms. The molecule has 1 atom stereocenters. The lowest BCUT2D eigenvalue weighted by Crippen LogP contribution is -2.51. The summed E-state index contributed by atoms with van der Waals surface area (Å²) in [5, 5.41) is 6.34. The predicted octanol–water partition coefficient (Wildman–Crippen LogP) is 1.31. The van der Waals surface area contributed by atoms with Crippen LogP contribution in [0.4, 0.5) is 0 Å². The van der Waals surface area contributed by atoms with Gasteiger partial charge in [-0.15, -0.1) is 11.8 Å². The molecule has 6 heteroatoms. The highest BCUT2D eigenvalue weighted by molar-refractivity contribution is 7.99. The van der Waals surface area contributed by atoms with Crippen molar-refractivity contribution in [3.63, 3.8) is 0 Å². The van der Waals surface area contributed by atoms with Gasteiger partial charge in [0.1, 0.15) is 0 Å². The molecule has 0 aromatic heterocycles. The molecule has 1 aromatic carbocycles. The fourth-order valence-corrected chi connectivity index (χ4v) is 4.12. The van der Waals surface area contributed by atoms with Gasteiger partial charge in [-0.1, -0.05) is 29.8 Å². The Morgan fingerprint density at radius 2 is 1.96 bits per heavy atom. The maximum atomic E-state index is 12.4. The van der Waals surface area contributed by atoms with Crippen molar-refractivity contribution in [2.24, 2.45) is 0 Å². The smallest absolute Gasteiger partial charge is 0.240 e. The van der Waals surface area contributed by atoms with Crippen LogP contribution in [-0.4, -0.2) is 53.5 Å². The van der Waals surface area contributed by atoms with Gasteiger partial charge < -0.3 is 10.2 Å². The number of rotatable bonds is 4. The van der Waals surface area contributed by atoms with Crippen molar-refractivity contribution in [3.8, 4) is 0 Å². The van der Waals surface area contributed by atoms with Crippen molar-refractivity contribution in [1.29, 1.82) is 0 Å². The van der Waals surface area contributed by atoms with Crippen molar-refractivity contribution >= 4 is 23.6 Å². The van der Waals surface area contributed by atoms with Crippen LogP contribution in [0, 0.1) is 6.92 Å². The molecule has 130 valence electrons. The lowest BCUT2D eigenvalue weighted by Gasteiger charge is -2.33. The normalized spacial score (nSPS) is 21.7. The second-order valence-corrected chi connectivity index (χ2v) is 7.63. The largest absolute Gasteiger partial charge is 0.353 e. The zero-order valence-corrected chi connectivity index (χ0v) is 14.9. The molecule has 0 aliphatic carbocycles. The molecule has 2 heterocycles. The third-order valence-corrected chi connectivity index (χ3v) is 5.61. The summed E-state index contributed by atoms with van der Waals surface area (Å²) in [6.07, 6.45) is 2.10. The van der Waals surface area contributed by atoms with Gasteiger partial charge in [0.05, 0.1) is 12.5 Å². The van der Waals surface area contributed by atoms with Crippen LogP contribution in [0.2, 0.25) is 0 Å². The van der Waals surface area contributed by atoms with Gasteiger partial charge >= 0.3 is 0 Å². The van der Waals surface area contributed by atoms with Crippen LogP contribution >= 0.6 is 11.8 Å². The van der Waals surface area contributed by atoms with Crippen LogP contribution in [0.1, 0.15) is 24.0 Å². The topological polar surface area (TPSA) is 61.4 Å². The average Bonchev–Trinajstić information content (AvgIpc) is 3.11. The van der Waals surface area contributed by atoms with Gasteiger partial charge in [0.2, 0.25) is 11.8 Å². The van der Waals surface area contributed by atoms with Gasteiger partial charge in [-0.2, -0.15) is 0 Å². The van der Waals surface area contributed by atoms with Gasteiger partial charge in [0.15, 0.2) is 0 Å². The number of piperidine rings is 1. The van der Waals surface area contributed by atoms with E-state index in [1.54, 1.807) is 11.8 Å². The Hall–Kier alpha value is -1.53. The Balaban J connectivity index is 1.42. The van der Waals surface area contributed by atoms with Crippen molar-refractivity contribution in [3.05, 3.63) is 35.4 Å². The minimum absolute atomic E-state index is 0.0253. The van der Waals surface area contributed by atoms with Crippen LogP contribution in [0.15, 0.2) is 24.3 Å². The zero-order chi connectivity index (χ0) is 16.9. The lowest BCUT2D eigenvalue weighted by molar-refractivity contribution is -0.133. The highest BCUT2D eigenvalue weighted by Gasteiger charge is 2.30. The van der Waals surface area contributed by atoms with Crippen LogP contribution < -0.4 is 10.6 Å². The van der Waals surface area contributed by atoms with E-state index < -0.39 is 0 Å². The molecule has 1 unspecified atom stereocenters. The summed E-state index contributed by atoms with van der Waals surface area (Å²) in [5.41, 5.74) is 2.24. The Labute approximate surface area is 147 Å². The number of nitrogens with one attached hydrogen (secondary N) is 2. The summed E-state index contributed by atoms with van der Waals surface area (Å²) >= 11 is 1.77. The summed E-state index contributed by atoms with van der Waals surface area (Å²) in [6.45, 7) is 3.51. The van der Waals surface area contributed by atoms with E-state index in [4.69, 9.17) is 0 Å². The number of hydrogen-bond donors (Lipinski definition) is 2. The van der Waals surface area contributed by atoms with Crippen LogP contribution in [0.3, 0.4) is 0 Å². The van der Waals surface area contributed by atoms with Gasteiger partial charge in [-0.05, 0) is 25.3 Å². The lowest BCUT2D eigenvalue weighted by atomic mass is 10.0. The Kier molecular flexibility index (Phi) is 5.79. The highest BCUT2D eigenvalue weighted by atomic mass is 32.2. The first-order valence-electron chi connectivity index (χ1n) is 8.56.